The standard InChI is InChI=1S/C7H9N5OS/c1-5(13)7-3-8-10-12(7)4-6-2-9-11-14-6/h2-3,5,13H,4H2,1H3/t5-/m1/s1. The van der Waals surface area contributed by atoms with Gasteiger partial charge < -0.3 is 5.11 Å². The second-order valence-corrected chi connectivity index (χ2v) is 3.75. The summed E-state index contributed by atoms with van der Waals surface area (Å²) in [6.45, 7) is 2.23. The molecule has 6 nitrogen and oxygen atoms in total. The molecule has 0 unspecified atom stereocenters. The number of hydrogen-bond donors (Lipinski definition) is 1. The first-order chi connectivity index (χ1) is 6.77. The molecule has 0 radical (unpaired) electrons. The molecule has 2 rings (SSSR count). The maximum atomic E-state index is 9.39. The second kappa shape index (κ2) is 3.81. The van der Waals surface area contributed by atoms with Crippen LogP contribution in [0, 0.1) is 0 Å². The molecule has 0 amide bonds. The molecule has 7 heteroatoms. The van der Waals surface area contributed by atoms with Gasteiger partial charge in [0, 0.05) is 0 Å². The topological polar surface area (TPSA) is 76.7 Å². The summed E-state index contributed by atoms with van der Waals surface area (Å²) in [5.41, 5.74) is 0.693. The average molecular weight is 211 g/mol. The molecule has 0 saturated heterocycles. The minimum atomic E-state index is -0.564. The molecule has 1 atom stereocenters. The van der Waals surface area contributed by atoms with Crippen molar-refractivity contribution in [3.63, 3.8) is 0 Å². The minimum Gasteiger partial charge on any atom is -0.387 e. The molecule has 2 aromatic rings. The van der Waals surface area contributed by atoms with Crippen molar-refractivity contribution < 1.29 is 5.11 Å². The van der Waals surface area contributed by atoms with Crippen LogP contribution in [0.5, 0.6) is 0 Å². The molecule has 0 aromatic carbocycles. The van der Waals surface area contributed by atoms with Gasteiger partial charge in [-0.05, 0) is 18.5 Å². The van der Waals surface area contributed by atoms with E-state index in [-0.39, 0.29) is 0 Å². The first-order valence-electron chi connectivity index (χ1n) is 4.10. The van der Waals surface area contributed by atoms with Crippen LogP contribution in [0.2, 0.25) is 0 Å². The molecule has 2 aromatic heterocycles. The van der Waals surface area contributed by atoms with Crippen LogP contribution in [0.15, 0.2) is 12.4 Å². The molecule has 1 N–H and O–H groups in total. The minimum absolute atomic E-state index is 0.553. The van der Waals surface area contributed by atoms with Gasteiger partial charge in [0.15, 0.2) is 0 Å². The molecule has 0 spiro atoms. The fourth-order valence-corrected chi connectivity index (χ4v) is 1.59. The van der Waals surface area contributed by atoms with E-state index >= 15 is 0 Å². The normalized spacial score (nSPS) is 13.0. The summed E-state index contributed by atoms with van der Waals surface area (Å²) in [6.07, 6.45) is 2.67. The van der Waals surface area contributed by atoms with E-state index in [4.69, 9.17) is 0 Å². The summed E-state index contributed by atoms with van der Waals surface area (Å²) in [4.78, 5) is 0.984. The van der Waals surface area contributed by atoms with Crippen molar-refractivity contribution in [1.29, 1.82) is 0 Å². The Morgan fingerprint density at radius 3 is 3.00 bits per heavy atom. The Morgan fingerprint density at radius 1 is 1.50 bits per heavy atom. The third-order valence-electron chi connectivity index (χ3n) is 1.79. The predicted molar refractivity (Wildman–Crippen MR) is 49.7 cm³/mol. The summed E-state index contributed by atoms with van der Waals surface area (Å²) >= 11 is 1.31. The van der Waals surface area contributed by atoms with E-state index in [0.717, 1.165) is 4.88 Å². The molecule has 0 aliphatic rings. The summed E-state index contributed by atoms with van der Waals surface area (Å²) in [5, 5.41) is 20.7. The zero-order valence-corrected chi connectivity index (χ0v) is 8.35. The highest BCUT2D eigenvalue weighted by Gasteiger charge is 2.10. The van der Waals surface area contributed by atoms with Crippen LogP contribution >= 0.6 is 11.5 Å². The summed E-state index contributed by atoms with van der Waals surface area (Å²) in [7, 11) is 0. The van der Waals surface area contributed by atoms with Gasteiger partial charge in [-0.1, -0.05) is 9.70 Å². The van der Waals surface area contributed by atoms with Crippen LogP contribution < -0.4 is 0 Å². The quantitative estimate of drug-likeness (QED) is 0.786. The highest BCUT2D eigenvalue weighted by Crippen LogP contribution is 2.12. The molecule has 0 aliphatic carbocycles. The molecule has 14 heavy (non-hydrogen) atoms. The van der Waals surface area contributed by atoms with E-state index in [1.807, 2.05) is 0 Å². The second-order valence-electron chi connectivity index (χ2n) is 2.88. The Morgan fingerprint density at radius 2 is 2.36 bits per heavy atom. The van der Waals surface area contributed by atoms with Crippen LogP contribution in [0.3, 0.4) is 0 Å². The van der Waals surface area contributed by atoms with Crippen LogP contribution in [-0.2, 0) is 6.54 Å². The Balaban J connectivity index is 2.21. The number of rotatable bonds is 3. The zero-order chi connectivity index (χ0) is 9.97. The summed E-state index contributed by atoms with van der Waals surface area (Å²) < 4.78 is 5.38. The number of nitrogens with zero attached hydrogens (tertiary/aromatic N) is 5. The predicted octanol–water partition coefficient (Wildman–Crippen LogP) is 0.231. The molecule has 2 heterocycles. The number of aliphatic hydroxyl groups excluding tert-OH is 1. The average Bonchev–Trinajstić information content (AvgIpc) is 2.75. The monoisotopic (exact) mass is 211 g/mol. The maximum Gasteiger partial charge on any atom is 0.0945 e. The van der Waals surface area contributed by atoms with Gasteiger partial charge in [0.05, 0.1) is 35.6 Å². The van der Waals surface area contributed by atoms with E-state index < -0.39 is 6.10 Å². The van der Waals surface area contributed by atoms with Crippen LogP contribution in [-0.4, -0.2) is 29.7 Å². The van der Waals surface area contributed by atoms with E-state index in [2.05, 4.69) is 19.9 Å². The van der Waals surface area contributed by atoms with Gasteiger partial charge >= 0.3 is 0 Å². The Kier molecular flexibility index (Phi) is 2.51. The largest absolute Gasteiger partial charge is 0.387 e. The van der Waals surface area contributed by atoms with Crippen LogP contribution in [0.25, 0.3) is 0 Å². The number of aliphatic hydroxyl groups is 1. The van der Waals surface area contributed by atoms with Gasteiger partial charge in [0.1, 0.15) is 0 Å². The molecular weight excluding hydrogens is 202 g/mol. The van der Waals surface area contributed by atoms with Gasteiger partial charge in [-0.2, -0.15) is 0 Å². The fourth-order valence-electron chi connectivity index (χ4n) is 1.12. The summed E-state index contributed by atoms with van der Waals surface area (Å²) in [6, 6.07) is 0. The third kappa shape index (κ3) is 1.78. The molecular formula is C7H9N5OS. The first kappa shape index (κ1) is 9.22. The van der Waals surface area contributed by atoms with Crippen molar-refractivity contribution in [2.45, 2.75) is 19.6 Å². The lowest BCUT2D eigenvalue weighted by molar-refractivity contribution is 0.188. The van der Waals surface area contributed by atoms with Crippen molar-refractivity contribution in [3.05, 3.63) is 23.0 Å². The van der Waals surface area contributed by atoms with Gasteiger partial charge in [0.2, 0.25) is 0 Å². The van der Waals surface area contributed by atoms with Gasteiger partial charge in [-0.15, -0.1) is 10.2 Å². The Bertz CT molecular complexity index is 396. The molecule has 0 aliphatic heterocycles. The lowest BCUT2D eigenvalue weighted by Gasteiger charge is -2.05. The molecule has 74 valence electrons. The van der Waals surface area contributed by atoms with Crippen molar-refractivity contribution in [3.8, 4) is 0 Å². The van der Waals surface area contributed by atoms with Crippen molar-refractivity contribution in [2.24, 2.45) is 0 Å². The van der Waals surface area contributed by atoms with E-state index in [0.29, 0.717) is 12.2 Å². The first-order valence-corrected chi connectivity index (χ1v) is 4.87. The van der Waals surface area contributed by atoms with Crippen LogP contribution in [0.1, 0.15) is 23.6 Å². The van der Waals surface area contributed by atoms with Gasteiger partial charge in [-0.25, -0.2) is 4.68 Å². The fraction of sp³-hybridized carbons (Fsp3) is 0.429. The zero-order valence-electron chi connectivity index (χ0n) is 7.53. The number of aromatic nitrogens is 5. The maximum absolute atomic E-state index is 9.39. The molecule has 0 saturated carbocycles. The highest BCUT2D eigenvalue weighted by molar-refractivity contribution is 7.05. The SMILES string of the molecule is C[C@@H](O)c1cnnn1Cc1cnns1. The van der Waals surface area contributed by atoms with Crippen molar-refractivity contribution in [1.82, 2.24) is 24.6 Å². The van der Waals surface area contributed by atoms with Crippen LogP contribution in [0.4, 0.5) is 0 Å². The Labute approximate surface area is 84.4 Å². The lowest BCUT2D eigenvalue weighted by Crippen LogP contribution is -2.07. The lowest BCUT2D eigenvalue weighted by atomic mass is 10.3. The van der Waals surface area contributed by atoms with Crippen molar-refractivity contribution in [2.75, 3.05) is 0 Å². The third-order valence-corrected chi connectivity index (χ3v) is 2.43. The summed E-state index contributed by atoms with van der Waals surface area (Å²) in [5.74, 6) is 0. The number of hydrogen-bond acceptors (Lipinski definition) is 6. The Hall–Kier alpha value is -1.34. The van der Waals surface area contributed by atoms with E-state index in [1.54, 1.807) is 24.0 Å². The van der Waals surface area contributed by atoms with Crippen molar-refractivity contribution >= 4 is 11.5 Å². The van der Waals surface area contributed by atoms with E-state index in [9.17, 15) is 5.11 Å². The highest BCUT2D eigenvalue weighted by atomic mass is 32.1. The molecule has 0 fully saturated rings. The molecule has 0 bridgehead atoms. The van der Waals surface area contributed by atoms with Gasteiger partial charge in [-0.3, -0.25) is 0 Å². The van der Waals surface area contributed by atoms with Gasteiger partial charge in [0.25, 0.3) is 0 Å². The smallest absolute Gasteiger partial charge is 0.0945 e. The van der Waals surface area contributed by atoms with E-state index in [1.165, 1.54) is 11.5 Å².